The number of piperidine rings is 1. The molecule has 2 aromatic carbocycles. The Morgan fingerprint density at radius 2 is 1.87 bits per heavy atom. The second-order valence-electron chi connectivity index (χ2n) is 11.0. The van der Waals surface area contributed by atoms with Crippen LogP contribution in [0.5, 0.6) is 0 Å². The highest BCUT2D eigenvalue weighted by Gasteiger charge is 2.32. The first-order chi connectivity index (χ1) is 18.3. The molecule has 2 aromatic rings. The number of carbonyl (C=O) groups is 2. The Balaban J connectivity index is 1.41. The van der Waals surface area contributed by atoms with Crippen molar-refractivity contribution in [3.05, 3.63) is 59.1 Å². The highest BCUT2D eigenvalue weighted by atomic mass is 35.5. The summed E-state index contributed by atoms with van der Waals surface area (Å²) in [4.78, 5) is 31.2. The van der Waals surface area contributed by atoms with Gasteiger partial charge in [-0.3, -0.25) is 9.59 Å². The van der Waals surface area contributed by atoms with E-state index in [1.807, 2.05) is 41.3 Å². The van der Waals surface area contributed by atoms with Gasteiger partial charge in [0.2, 0.25) is 5.91 Å². The fraction of sp³-hybridized carbons (Fsp3) is 0.548. The van der Waals surface area contributed by atoms with Gasteiger partial charge in [-0.25, -0.2) is 0 Å². The van der Waals surface area contributed by atoms with Gasteiger partial charge in [-0.1, -0.05) is 49.2 Å². The lowest BCUT2D eigenvalue weighted by molar-refractivity contribution is -0.133. The Morgan fingerprint density at radius 3 is 2.61 bits per heavy atom. The predicted octanol–water partition coefficient (Wildman–Crippen LogP) is 5.26. The molecule has 2 saturated heterocycles. The predicted molar refractivity (Wildman–Crippen MR) is 157 cm³/mol. The molecule has 4 rings (SSSR count). The lowest BCUT2D eigenvalue weighted by Gasteiger charge is -2.31. The highest BCUT2D eigenvalue weighted by molar-refractivity contribution is 6.31. The van der Waals surface area contributed by atoms with Crippen LogP contribution in [0, 0.1) is 5.92 Å². The standard InChI is InChI=1S/C31H43ClN4O2/c1-4-23(22(2)3)21-36-17-12-28(34-29(31(36)38)13-16-35-14-6-5-7-15-35)20-33-30(37)26-9-8-25-19-27(32)11-10-24(25)18-26/h8-11,18-19,23,28-29,34H,2,4-7,12-17,20-21H2,1,3H3,(H,33,37)/t23-,28+,29+/m0/s1. The van der Waals surface area contributed by atoms with Crippen molar-refractivity contribution >= 4 is 34.2 Å². The molecule has 2 aliphatic rings. The summed E-state index contributed by atoms with van der Waals surface area (Å²) in [5.41, 5.74) is 1.75. The molecule has 206 valence electrons. The third-order valence-corrected chi connectivity index (χ3v) is 8.42. The van der Waals surface area contributed by atoms with Crippen LogP contribution in [0.4, 0.5) is 0 Å². The number of carbonyl (C=O) groups excluding carboxylic acids is 2. The van der Waals surface area contributed by atoms with E-state index in [1.165, 1.54) is 19.3 Å². The van der Waals surface area contributed by atoms with Crippen LogP contribution < -0.4 is 10.6 Å². The van der Waals surface area contributed by atoms with Crippen LogP contribution >= 0.6 is 11.6 Å². The SMILES string of the molecule is C=C(C)[C@@H](CC)CN1CC[C@H](CNC(=O)c2ccc3cc(Cl)ccc3c2)N[C@H](CCN2CCCCC2)C1=O. The number of halogens is 1. The fourth-order valence-electron chi connectivity index (χ4n) is 5.70. The van der Waals surface area contributed by atoms with Crippen molar-refractivity contribution in [2.24, 2.45) is 5.92 Å². The molecule has 0 aliphatic carbocycles. The molecule has 0 aromatic heterocycles. The van der Waals surface area contributed by atoms with Crippen LogP contribution in [0.15, 0.2) is 48.6 Å². The molecule has 2 fully saturated rings. The van der Waals surface area contributed by atoms with Crippen LogP contribution in [-0.2, 0) is 4.79 Å². The maximum Gasteiger partial charge on any atom is 0.251 e. The molecule has 2 amide bonds. The average Bonchev–Trinajstić information content (AvgIpc) is 3.07. The summed E-state index contributed by atoms with van der Waals surface area (Å²) >= 11 is 6.10. The van der Waals surface area contributed by atoms with Crippen molar-refractivity contribution in [2.75, 3.05) is 39.3 Å². The molecular formula is C31H43ClN4O2. The average molecular weight is 539 g/mol. The van der Waals surface area contributed by atoms with Gasteiger partial charge in [0.25, 0.3) is 5.91 Å². The monoisotopic (exact) mass is 538 g/mol. The van der Waals surface area contributed by atoms with E-state index >= 15 is 0 Å². The molecule has 0 unspecified atom stereocenters. The molecule has 0 spiro atoms. The van der Waals surface area contributed by atoms with E-state index in [9.17, 15) is 9.59 Å². The molecule has 2 heterocycles. The van der Waals surface area contributed by atoms with Gasteiger partial charge in [-0.05, 0) is 93.1 Å². The number of benzene rings is 2. The van der Waals surface area contributed by atoms with Gasteiger partial charge in [-0.2, -0.15) is 0 Å². The Morgan fingerprint density at radius 1 is 1.13 bits per heavy atom. The minimum Gasteiger partial charge on any atom is -0.350 e. The summed E-state index contributed by atoms with van der Waals surface area (Å²) in [6.45, 7) is 13.4. The van der Waals surface area contributed by atoms with Crippen molar-refractivity contribution in [2.45, 2.75) is 64.5 Å². The van der Waals surface area contributed by atoms with E-state index in [2.05, 4.69) is 36.0 Å². The lowest BCUT2D eigenvalue weighted by Crippen LogP contribution is -2.50. The number of nitrogens with one attached hydrogen (secondary N) is 2. The Kier molecular flexibility index (Phi) is 10.2. The zero-order valence-electron chi connectivity index (χ0n) is 23.0. The third kappa shape index (κ3) is 7.58. The maximum absolute atomic E-state index is 13.7. The smallest absolute Gasteiger partial charge is 0.251 e. The van der Waals surface area contributed by atoms with Crippen molar-refractivity contribution in [3.8, 4) is 0 Å². The summed E-state index contributed by atoms with van der Waals surface area (Å²) in [6, 6.07) is 11.1. The second kappa shape index (κ2) is 13.6. The van der Waals surface area contributed by atoms with E-state index in [-0.39, 0.29) is 23.9 Å². The largest absolute Gasteiger partial charge is 0.350 e. The van der Waals surface area contributed by atoms with E-state index in [1.54, 1.807) is 0 Å². The number of hydrogen-bond donors (Lipinski definition) is 2. The molecule has 2 aliphatic heterocycles. The zero-order chi connectivity index (χ0) is 27.1. The molecule has 3 atom stereocenters. The van der Waals surface area contributed by atoms with Crippen molar-refractivity contribution in [3.63, 3.8) is 0 Å². The molecule has 38 heavy (non-hydrogen) atoms. The molecule has 0 saturated carbocycles. The molecule has 6 nitrogen and oxygen atoms in total. The Bertz CT molecular complexity index is 1130. The highest BCUT2D eigenvalue weighted by Crippen LogP contribution is 2.21. The van der Waals surface area contributed by atoms with Crippen molar-refractivity contribution in [1.82, 2.24) is 20.4 Å². The molecule has 0 radical (unpaired) electrons. The summed E-state index contributed by atoms with van der Waals surface area (Å²) in [6.07, 6.45) is 6.35. The topological polar surface area (TPSA) is 64.7 Å². The van der Waals surface area contributed by atoms with Crippen LogP contribution in [0.3, 0.4) is 0 Å². The number of fused-ring (bicyclic) bond motifs is 1. The molecule has 0 bridgehead atoms. The molecule has 2 N–H and O–H groups in total. The number of amides is 2. The third-order valence-electron chi connectivity index (χ3n) is 8.18. The van der Waals surface area contributed by atoms with Crippen molar-refractivity contribution in [1.29, 1.82) is 0 Å². The summed E-state index contributed by atoms with van der Waals surface area (Å²) in [7, 11) is 0. The van der Waals surface area contributed by atoms with Crippen LogP contribution in [0.2, 0.25) is 5.02 Å². The minimum atomic E-state index is -0.241. The van der Waals surface area contributed by atoms with Gasteiger partial charge >= 0.3 is 0 Å². The summed E-state index contributed by atoms with van der Waals surface area (Å²) in [5.74, 6) is 0.388. The Labute approximate surface area is 232 Å². The van der Waals surface area contributed by atoms with Crippen LogP contribution in [0.25, 0.3) is 10.8 Å². The van der Waals surface area contributed by atoms with Gasteiger partial charge in [-0.15, -0.1) is 0 Å². The number of nitrogens with zero attached hydrogens (tertiary/aromatic N) is 2. The van der Waals surface area contributed by atoms with E-state index < -0.39 is 0 Å². The number of likely N-dealkylation sites (tertiary alicyclic amines) is 1. The fourth-order valence-corrected chi connectivity index (χ4v) is 5.88. The van der Waals surface area contributed by atoms with Crippen LogP contribution in [-0.4, -0.2) is 73.0 Å². The molecular weight excluding hydrogens is 496 g/mol. The quantitative estimate of drug-likeness (QED) is 0.405. The van der Waals surface area contributed by atoms with Gasteiger partial charge in [0.15, 0.2) is 0 Å². The Hall–Kier alpha value is -2.41. The summed E-state index contributed by atoms with van der Waals surface area (Å²) < 4.78 is 0. The van der Waals surface area contributed by atoms with Gasteiger partial charge in [0.05, 0.1) is 6.04 Å². The summed E-state index contributed by atoms with van der Waals surface area (Å²) in [5, 5.41) is 9.42. The van der Waals surface area contributed by atoms with E-state index in [4.69, 9.17) is 11.6 Å². The number of hydrogen-bond acceptors (Lipinski definition) is 4. The number of rotatable bonds is 10. The molecule has 7 heteroatoms. The van der Waals surface area contributed by atoms with E-state index in [0.717, 1.165) is 55.2 Å². The van der Waals surface area contributed by atoms with Gasteiger partial charge in [0.1, 0.15) is 0 Å². The van der Waals surface area contributed by atoms with Gasteiger partial charge in [0, 0.05) is 42.8 Å². The van der Waals surface area contributed by atoms with Crippen molar-refractivity contribution < 1.29 is 9.59 Å². The van der Waals surface area contributed by atoms with Gasteiger partial charge < -0.3 is 20.4 Å². The first kappa shape index (κ1) is 28.6. The minimum absolute atomic E-state index is 0.0309. The van der Waals surface area contributed by atoms with Crippen LogP contribution in [0.1, 0.15) is 62.7 Å². The van der Waals surface area contributed by atoms with E-state index in [0.29, 0.717) is 36.1 Å². The zero-order valence-corrected chi connectivity index (χ0v) is 23.7. The maximum atomic E-state index is 13.7. The first-order valence-corrected chi connectivity index (χ1v) is 14.6. The first-order valence-electron chi connectivity index (χ1n) is 14.2. The second-order valence-corrected chi connectivity index (χ2v) is 11.5. The lowest BCUT2D eigenvalue weighted by atomic mass is 9.98. The normalized spacial score (nSPS) is 21.8.